The first-order valence-corrected chi connectivity index (χ1v) is 3.58. The predicted molar refractivity (Wildman–Crippen MR) is 30.2 cm³/mol. The third-order valence-corrected chi connectivity index (χ3v) is 2.18. The number of hydrogen-bond donors (Lipinski definition) is 2. The fourth-order valence-corrected chi connectivity index (χ4v) is 0.523. The molecule has 0 aromatic carbocycles. The van der Waals surface area contributed by atoms with Gasteiger partial charge in [0.25, 0.3) is 0 Å². The summed E-state index contributed by atoms with van der Waals surface area (Å²) in [5.74, 6) is 0. The van der Waals surface area contributed by atoms with E-state index in [9.17, 15) is 8.42 Å². The summed E-state index contributed by atoms with van der Waals surface area (Å²) < 4.78 is 23.2. The Morgan fingerprint density at radius 1 is 1.56 bits per heavy atom. The Bertz CT molecular complexity index is 153. The zero-order valence-electron chi connectivity index (χ0n) is 5.29. The number of hydrogen-bond acceptors (Lipinski definition) is 2. The second kappa shape index (κ2) is 4.87. The van der Waals surface area contributed by atoms with Crippen molar-refractivity contribution in [2.75, 3.05) is 14.1 Å². The van der Waals surface area contributed by atoms with Gasteiger partial charge in [0.2, 0.25) is 0 Å². The van der Waals surface area contributed by atoms with Gasteiger partial charge < -0.3 is 4.31 Å². The topological polar surface area (TPSA) is 50.6 Å². The van der Waals surface area contributed by atoms with Gasteiger partial charge in [-0.3, -0.25) is 0 Å². The van der Waals surface area contributed by atoms with E-state index >= 15 is 0 Å². The molecular weight excluding hydrogens is 168 g/mol. The van der Waals surface area contributed by atoms with Crippen LogP contribution in [0.2, 0.25) is 0 Å². The van der Waals surface area contributed by atoms with Gasteiger partial charge in [0.05, 0.1) is 7.05 Å². The molecule has 9 heavy (non-hydrogen) atoms. The van der Waals surface area contributed by atoms with Crippen molar-refractivity contribution >= 4 is 10.2 Å². The van der Waals surface area contributed by atoms with E-state index in [4.69, 9.17) is 0 Å². The largest absolute Gasteiger partial charge is 0.349 e. The monoisotopic (exact) mass is 178 g/mol. The van der Waals surface area contributed by atoms with Crippen LogP contribution in [0, 0.1) is 44.8 Å². The molecule has 0 aliphatic rings. The Balaban J connectivity index is 0. The maximum Gasteiger partial charge on any atom is 0.343 e. The molecule has 0 rings (SSSR count). The van der Waals surface area contributed by atoms with Gasteiger partial charge in [0.1, 0.15) is 0 Å². The van der Waals surface area contributed by atoms with Crippen LogP contribution < -0.4 is 9.03 Å². The van der Waals surface area contributed by atoms with E-state index in [0.717, 1.165) is 0 Å². The molecule has 1 atom stereocenters. The van der Waals surface area contributed by atoms with Gasteiger partial charge >= 0.3 is 10.2 Å². The van der Waals surface area contributed by atoms with Crippen molar-refractivity contribution < 1.29 is 50.5 Å². The molecule has 0 spiro atoms. The smallest absolute Gasteiger partial charge is 0.343 e. The minimum absolute atomic E-state index is 0. The molecule has 6 heteroatoms. The average molecular weight is 178 g/mol. The Hall–Kier alpha value is 1.13. The van der Waals surface area contributed by atoms with Crippen LogP contribution in [-0.4, -0.2) is 22.5 Å². The van der Waals surface area contributed by atoms with Gasteiger partial charge in [-0.25, -0.2) is 0 Å². The fourth-order valence-electron chi connectivity index (χ4n) is 0.174. The van der Waals surface area contributed by atoms with E-state index < -0.39 is 10.2 Å². The molecule has 0 aromatic heterocycles. The molecule has 0 aliphatic carbocycles. The molecule has 0 saturated carbocycles. The molecule has 1 unspecified atom stereocenters. The van der Waals surface area contributed by atoms with Gasteiger partial charge in [0, 0.05) is 44.8 Å². The molecule has 0 amide bonds. The van der Waals surface area contributed by atoms with E-state index in [1.807, 2.05) is 0 Å². The molecule has 2 N–H and O–H groups in total. The van der Waals surface area contributed by atoms with Gasteiger partial charge in [0.15, 0.2) is 0 Å². The maximum atomic E-state index is 10.5. The van der Waals surface area contributed by atoms with Crippen LogP contribution in [0.3, 0.4) is 0 Å². The third-order valence-electron chi connectivity index (χ3n) is 0.727. The Morgan fingerprint density at radius 3 is 1.89 bits per heavy atom. The van der Waals surface area contributed by atoms with Gasteiger partial charge in [-0.15, -0.1) is 7.05 Å². The van der Waals surface area contributed by atoms with Crippen LogP contribution >= 0.6 is 0 Å². The summed E-state index contributed by atoms with van der Waals surface area (Å²) in [4.78, 5) is 0. The number of quaternary nitrogens is 1. The molecule has 0 fully saturated rings. The van der Waals surface area contributed by atoms with E-state index in [2.05, 4.69) is 11.8 Å². The summed E-state index contributed by atoms with van der Waals surface area (Å²) in [6.07, 6.45) is 0. The normalized spacial score (nSPS) is 14.1. The van der Waals surface area contributed by atoms with Crippen LogP contribution in [0.4, 0.5) is 0 Å². The van der Waals surface area contributed by atoms with E-state index in [1.54, 1.807) is 0 Å². The van der Waals surface area contributed by atoms with Crippen molar-refractivity contribution in [3.63, 3.8) is 0 Å². The van der Waals surface area contributed by atoms with Crippen molar-refractivity contribution in [1.82, 2.24) is 4.72 Å². The third kappa shape index (κ3) is 4.52. The molecular formula is C3H10ArN2O2S. The molecule has 0 radical (unpaired) electrons. The first-order chi connectivity index (χ1) is 3.50. The Morgan fingerprint density at radius 2 is 1.89 bits per heavy atom. The predicted octanol–water partition coefficient (Wildman–Crippen LogP) is -2.24. The molecule has 0 heterocycles. The maximum absolute atomic E-state index is 10.5. The van der Waals surface area contributed by atoms with Crippen LogP contribution in [0.1, 0.15) is 0 Å². The summed E-state index contributed by atoms with van der Waals surface area (Å²) in [5.41, 5.74) is 0. The van der Waals surface area contributed by atoms with Crippen molar-refractivity contribution in [2.24, 2.45) is 0 Å². The second-order valence-electron chi connectivity index (χ2n) is 1.41. The van der Waals surface area contributed by atoms with E-state index in [1.165, 1.54) is 14.1 Å². The number of nitrogens with one attached hydrogen (secondary N) is 2. The van der Waals surface area contributed by atoms with Crippen LogP contribution in [0.5, 0.6) is 0 Å². The SMILES string of the molecule is [Ar].[CH2-][NH+](C)S(=O)(=O)NC. The standard InChI is InChI=1S/C3H10N2O2S.Ar/c1-4-8(6,7)5(2)3;/h4-5H,2H2,1,3H3;. The summed E-state index contributed by atoms with van der Waals surface area (Å²) >= 11 is 0. The van der Waals surface area contributed by atoms with Crippen molar-refractivity contribution in [3.05, 3.63) is 7.05 Å². The molecule has 0 aromatic rings. The molecule has 0 aliphatic heterocycles. The van der Waals surface area contributed by atoms with E-state index in [-0.39, 0.29) is 42.0 Å². The first kappa shape index (κ1) is 12.8. The molecule has 4 nitrogen and oxygen atoms in total. The van der Waals surface area contributed by atoms with Gasteiger partial charge in [-0.2, -0.15) is 13.1 Å². The second-order valence-corrected chi connectivity index (χ2v) is 3.52. The van der Waals surface area contributed by atoms with Crippen molar-refractivity contribution in [1.29, 1.82) is 0 Å². The summed E-state index contributed by atoms with van der Waals surface area (Å²) in [6, 6.07) is 0. The van der Waals surface area contributed by atoms with Crippen LogP contribution in [-0.2, 0) is 10.2 Å². The van der Waals surface area contributed by atoms with Crippen molar-refractivity contribution in [2.45, 2.75) is 0 Å². The fraction of sp³-hybridized carbons (Fsp3) is 0.667. The quantitative estimate of drug-likeness (QED) is 0.470. The van der Waals surface area contributed by atoms with Crippen molar-refractivity contribution in [3.8, 4) is 0 Å². The van der Waals surface area contributed by atoms with Crippen LogP contribution in [0.25, 0.3) is 0 Å². The molecule has 0 bridgehead atoms. The number of rotatable bonds is 2. The van der Waals surface area contributed by atoms with Crippen LogP contribution in [0.15, 0.2) is 0 Å². The minimum atomic E-state index is -3.18. The summed E-state index contributed by atoms with van der Waals surface area (Å²) in [6.45, 7) is 0. The summed E-state index contributed by atoms with van der Waals surface area (Å²) in [7, 11) is 2.85. The Kier molecular flexibility index (Phi) is 6.91. The summed E-state index contributed by atoms with van der Waals surface area (Å²) in [5, 5.41) is 0. The van der Waals surface area contributed by atoms with Gasteiger partial charge in [-0.05, 0) is 0 Å². The Labute approximate surface area is 85.8 Å². The average Bonchev–Trinajstić information content (AvgIpc) is 1.67. The zero-order chi connectivity index (χ0) is 6.78. The molecule has 58 valence electrons. The van der Waals surface area contributed by atoms with E-state index in [0.29, 0.717) is 0 Å². The molecule has 0 saturated heterocycles. The van der Waals surface area contributed by atoms with Gasteiger partial charge in [-0.1, -0.05) is 0 Å². The first-order valence-electron chi connectivity index (χ1n) is 2.10. The minimum Gasteiger partial charge on any atom is -0.349 e. The zero-order valence-corrected chi connectivity index (χ0v) is 6.81.